The van der Waals surface area contributed by atoms with Gasteiger partial charge in [0.1, 0.15) is 19.0 Å². The van der Waals surface area contributed by atoms with Crippen molar-refractivity contribution in [3.8, 4) is 5.75 Å². The van der Waals surface area contributed by atoms with Crippen LogP contribution in [0.4, 0.5) is 10.7 Å². The number of alkyl halides is 6. The van der Waals surface area contributed by atoms with Crippen LogP contribution in [-0.2, 0) is 12.3 Å². The Balaban J connectivity index is 1.92. The number of aromatic nitrogens is 3. The lowest BCUT2D eigenvalue weighted by molar-refractivity contribution is 0.137. The van der Waals surface area contributed by atoms with Gasteiger partial charge in [-0.15, -0.1) is 0 Å². The molecule has 0 fully saturated rings. The van der Waals surface area contributed by atoms with Gasteiger partial charge in [-0.1, -0.05) is 93.9 Å². The number of rotatable bonds is 6. The van der Waals surface area contributed by atoms with Crippen LogP contribution in [0.15, 0.2) is 30.3 Å². The number of nitrogens with zero attached hydrogens (tertiary/aromatic N) is 3. The van der Waals surface area contributed by atoms with Crippen molar-refractivity contribution in [2.75, 3.05) is 18.5 Å². The quantitative estimate of drug-likeness (QED) is 0.351. The molecular formula is C17H14Cl6N4O3. The molecule has 0 aliphatic carbocycles. The van der Waals surface area contributed by atoms with Crippen LogP contribution in [0.25, 0.3) is 6.08 Å². The predicted octanol–water partition coefficient (Wildman–Crippen LogP) is 6.19. The van der Waals surface area contributed by atoms with Gasteiger partial charge in [0.15, 0.2) is 11.6 Å². The minimum Gasteiger partial charge on any atom is -0.490 e. The molecule has 2 rings (SSSR count). The molecule has 2 aromatic rings. The number of halogens is 6. The number of ether oxygens (including phenoxy) is 2. The molecule has 0 saturated carbocycles. The molecule has 0 spiro atoms. The zero-order valence-electron chi connectivity index (χ0n) is 15.2. The van der Waals surface area contributed by atoms with Crippen molar-refractivity contribution < 1.29 is 14.3 Å². The van der Waals surface area contributed by atoms with Crippen LogP contribution in [0.5, 0.6) is 5.75 Å². The molecule has 0 aliphatic rings. The fourth-order valence-electron chi connectivity index (χ4n) is 1.97. The van der Waals surface area contributed by atoms with Gasteiger partial charge in [-0.2, -0.15) is 9.97 Å². The smallest absolute Gasteiger partial charge is 0.414 e. The van der Waals surface area contributed by atoms with Crippen molar-refractivity contribution in [1.29, 1.82) is 0 Å². The summed E-state index contributed by atoms with van der Waals surface area (Å²) in [4.78, 5) is 23.4. The lowest BCUT2D eigenvalue weighted by Crippen LogP contribution is -2.22. The zero-order chi connectivity index (χ0) is 22.4. The standard InChI is InChI=1S/C17H14Cl6N4O3/c1-2-3-10-4-6-11(7-5-10)29-8-9-30-15(28)27-14-25-12(16(18,19)20)24-13(26-14)17(21,22)23/h2-7H,8-9H2,1H3,(H,24,25,26,27,28). The van der Waals surface area contributed by atoms with Crippen molar-refractivity contribution in [3.63, 3.8) is 0 Å². The van der Waals surface area contributed by atoms with Gasteiger partial charge in [0.05, 0.1) is 0 Å². The highest BCUT2D eigenvalue weighted by atomic mass is 35.6. The Morgan fingerprint density at radius 2 is 1.53 bits per heavy atom. The fraction of sp³-hybridized carbons (Fsp3) is 0.294. The number of carbonyl (C=O) groups excluding carboxylic acids is 1. The first kappa shape index (κ1) is 25.0. The lowest BCUT2D eigenvalue weighted by Gasteiger charge is -2.15. The van der Waals surface area contributed by atoms with Crippen molar-refractivity contribution in [3.05, 3.63) is 47.6 Å². The highest BCUT2D eigenvalue weighted by Gasteiger charge is 2.34. The lowest BCUT2D eigenvalue weighted by atomic mass is 10.2. The van der Waals surface area contributed by atoms with E-state index in [2.05, 4.69) is 20.3 Å². The molecule has 0 aliphatic heterocycles. The number of carbonyl (C=O) groups is 1. The maximum atomic E-state index is 12.0. The SMILES string of the molecule is CC=Cc1ccc(OCCOC(=O)Nc2nc(C(Cl)(Cl)Cl)nc(C(Cl)(Cl)Cl)n2)cc1. The molecule has 1 N–H and O–H groups in total. The van der Waals surface area contributed by atoms with Gasteiger partial charge in [-0.25, -0.2) is 9.78 Å². The summed E-state index contributed by atoms with van der Waals surface area (Å²) in [6.45, 7) is 1.99. The molecule has 30 heavy (non-hydrogen) atoms. The molecule has 162 valence electrons. The van der Waals surface area contributed by atoms with E-state index in [9.17, 15) is 4.79 Å². The van der Waals surface area contributed by atoms with E-state index >= 15 is 0 Å². The molecule has 0 saturated heterocycles. The maximum absolute atomic E-state index is 12.0. The Bertz CT molecular complexity index is 866. The summed E-state index contributed by atoms with van der Waals surface area (Å²) in [5, 5.41) is 2.25. The normalized spacial score (nSPS) is 12.1. The molecule has 0 radical (unpaired) electrons. The second-order valence-electron chi connectivity index (χ2n) is 5.48. The zero-order valence-corrected chi connectivity index (χ0v) is 19.7. The van der Waals surface area contributed by atoms with E-state index in [1.807, 2.05) is 31.2 Å². The van der Waals surface area contributed by atoms with Crippen LogP contribution in [0.2, 0.25) is 0 Å². The molecule has 1 aromatic carbocycles. The molecular weight excluding hydrogens is 521 g/mol. The highest BCUT2D eigenvalue weighted by molar-refractivity contribution is 6.67. The van der Waals surface area contributed by atoms with E-state index in [0.29, 0.717) is 5.75 Å². The minimum atomic E-state index is -2.04. The number of nitrogens with one attached hydrogen (secondary N) is 1. The van der Waals surface area contributed by atoms with E-state index in [0.717, 1.165) is 5.56 Å². The second kappa shape index (κ2) is 10.9. The van der Waals surface area contributed by atoms with Crippen LogP contribution in [0.3, 0.4) is 0 Å². The third-order valence-electron chi connectivity index (χ3n) is 3.18. The van der Waals surface area contributed by atoms with E-state index in [-0.39, 0.29) is 30.8 Å². The van der Waals surface area contributed by atoms with Crippen LogP contribution < -0.4 is 10.1 Å². The Hall–Kier alpha value is -1.22. The molecule has 0 unspecified atom stereocenters. The molecule has 13 heteroatoms. The first-order valence-corrected chi connectivity index (χ1v) is 10.5. The summed E-state index contributed by atoms with van der Waals surface area (Å²) in [6, 6.07) is 7.40. The van der Waals surface area contributed by atoms with Crippen LogP contribution in [-0.4, -0.2) is 34.3 Å². The van der Waals surface area contributed by atoms with E-state index < -0.39 is 13.7 Å². The Labute approximate surface area is 202 Å². The summed E-state index contributed by atoms with van der Waals surface area (Å²) in [5.41, 5.74) is 1.04. The molecule has 1 aromatic heterocycles. The van der Waals surface area contributed by atoms with E-state index in [1.54, 1.807) is 12.1 Å². The Morgan fingerprint density at radius 1 is 0.967 bits per heavy atom. The Kier molecular flexibility index (Phi) is 9.09. The van der Waals surface area contributed by atoms with Gasteiger partial charge in [0, 0.05) is 0 Å². The van der Waals surface area contributed by atoms with Gasteiger partial charge in [0.2, 0.25) is 13.5 Å². The number of allylic oxidation sites excluding steroid dienone is 1. The van der Waals surface area contributed by atoms with Gasteiger partial charge in [-0.3, -0.25) is 5.32 Å². The van der Waals surface area contributed by atoms with Gasteiger partial charge in [0.25, 0.3) is 0 Å². The number of hydrogen-bond acceptors (Lipinski definition) is 6. The number of hydrogen-bond donors (Lipinski definition) is 1. The maximum Gasteiger partial charge on any atom is 0.414 e. The average molecular weight is 535 g/mol. The summed E-state index contributed by atoms with van der Waals surface area (Å²) in [7, 11) is 0. The molecule has 0 bridgehead atoms. The molecule has 7 nitrogen and oxygen atoms in total. The third kappa shape index (κ3) is 8.13. The molecule has 1 amide bonds. The summed E-state index contributed by atoms with van der Waals surface area (Å²) in [6.07, 6.45) is 3.00. The number of anilines is 1. The monoisotopic (exact) mass is 532 g/mol. The predicted molar refractivity (Wildman–Crippen MR) is 120 cm³/mol. The van der Waals surface area contributed by atoms with Gasteiger partial charge in [-0.05, 0) is 24.6 Å². The minimum absolute atomic E-state index is 0.0534. The van der Waals surface area contributed by atoms with Crippen LogP contribution >= 0.6 is 69.6 Å². The molecule has 1 heterocycles. The van der Waals surface area contributed by atoms with E-state index in [4.69, 9.17) is 79.1 Å². The van der Waals surface area contributed by atoms with Crippen molar-refractivity contribution in [1.82, 2.24) is 15.0 Å². The van der Waals surface area contributed by atoms with Crippen molar-refractivity contribution in [2.45, 2.75) is 14.5 Å². The highest BCUT2D eigenvalue weighted by Crippen LogP contribution is 2.40. The van der Waals surface area contributed by atoms with Gasteiger partial charge >= 0.3 is 6.09 Å². The van der Waals surface area contributed by atoms with Crippen LogP contribution in [0.1, 0.15) is 24.1 Å². The first-order chi connectivity index (χ1) is 14.0. The van der Waals surface area contributed by atoms with Crippen molar-refractivity contribution in [2.24, 2.45) is 0 Å². The summed E-state index contributed by atoms with van der Waals surface area (Å²) >= 11 is 34.6. The first-order valence-electron chi connectivity index (χ1n) is 8.19. The Morgan fingerprint density at radius 3 is 2.03 bits per heavy atom. The van der Waals surface area contributed by atoms with Gasteiger partial charge < -0.3 is 9.47 Å². The third-order valence-corrected chi connectivity index (χ3v) is 4.19. The topological polar surface area (TPSA) is 86.2 Å². The van der Waals surface area contributed by atoms with Crippen LogP contribution in [0, 0.1) is 0 Å². The largest absolute Gasteiger partial charge is 0.490 e. The summed E-state index contributed by atoms with van der Waals surface area (Å²) < 4.78 is 6.41. The second-order valence-corrected chi connectivity index (χ2v) is 10.0. The van der Waals surface area contributed by atoms with Crippen molar-refractivity contribution >= 4 is 87.7 Å². The summed E-state index contributed by atoms with van der Waals surface area (Å²) in [5.74, 6) is -0.379. The average Bonchev–Trinajstić information content (AvgIpc) is 2.65. The number of benzene rings is 1. The number of amides is 1. The van der Waals surface area contributed by atoms with E-state index in [1.165, 1.54) is 0 Å². The molecule has 0 atom stereocenters. The fourth-order valence-corrected chi connectivity index (χ4v) is 2.48.